The SMILES string of the molecule is CC1OCCC1N(C)CC(=O)Nc1cc(N)ccc1F. The highest BCUT2D eigenvalue weighted by Crippen LogP contribution is 2.19. The number of benzene rings is 1. The highest BCUT2D eigenvalue weighted by Gasteiger charge is 2.28. The summed E-state index contributed by atoms with van der Waals surface area (Å²) in [4.78, 5) is 13.9. The Morgan fingerprint density at radius 2 is 2.35 bits per heavy atom. The van der Waals surface area contributed by atoms with Crippen LogP contribution in [0.2, 0.25) is 0 Å². The molecule has 110 valence electrons. The van der Waals surface area contributed by atoms with Gasteiger partial charge in [0.1, 0.15) is 5.82 Å². The van der Waals surface area contributed by atoms with Gasteiger partial charge in [-0.05, 0) is 38.6 Å². The summed E-state index contributed by atoms with van der Waals surface area (Å²) in [7, 11) is 1.87. The molecule has 0 aliphatic carbocycles. The molecule has 0 aromatic heterocycles. The van der Waals surface area contributed by atoms with Crippen LogP contribution in [0.5, 0.6) is 0 Å². The van der Waals surface area contributed by atoms with Crippen LogP contribution < -0.4 is 11.1 Å². The van der Waals surface area contributed by atoms with Gasteiger partial charge < -0.3 is 15.8 Å². The van der Waals surface area contributed by atoms with Crippen molar-refractivity contribution in [2.75, 3.05) is 31.2 Å². The molecule has 1 saturated heterocycles. The van der Waals surface area contributed by atoms with Gasteiger partial charge in [-0.1, -0.05) is 0 Å². The molecular weight excluding hydrogens is 261 g/mol. The van der Waals surface area contributed by atoms with Crippen LogP contribution in [0.1, 0.15) is 13.3 Å². The minimum Gasteiger partial charge on any atom is -0.399 e. The predicted octanol–water partition coefficient (Wildman–Crippen LogP) is 1.46. The molecule has 1 heterocycles. The first kappa shape index (κ1) is 14.7. The molecule has 1 aliphatic heterocycles. The zero-order valence-corrected chi connectivity index (χ0v) is 11.7. The number of nitrogens with two attached hydrogens (primary N) is 1. The Kier molecular flexibility index (Phi) is 4.57. The number of nitrogens with zero attached hydrogens (tertiary/aromatic N) is 1. The topological polar surface area (TPSA) is 67.6 Å². The molecule has 1 aliphatic rings. The monoisotopic (exact) mass is 281 g/mol. The van der Waals surface area contributed by atoms with E-state index in [1.54, 1.807) is 0 Å². The van der Waals surface area contributed by atoms with Gasteiger partial charge >= 0.3 is 0 Å². The van der Waals surface area contributed by atoms with Crippen LogP contribution in [0.3, 0.4) is 0 Å². The van der Waals surface area contributed by atoms with Crippen LogP contribution in [0, 0.1) is 5.82 Å². The lowest BCUT2D eigenvalue weighted by Gasteiger charge is -2.25. The van der Waals surface area contributed by atoms with Crippen LogP contribution in [0.4, 0.5) is 15.8 Å². The highest BCUT2D eigenvalue weighted by atomic mass is 19.1. The maximum atomic E-state index is 13.5. The molecule has 1 aromatic rings. The smallest absolute Gasteiger partial charge is 0.238 e. The molecule has 2 unspecified atom stereocenters. The van der Waals surface area contributed by atoms with Gasteiger partial charge in [-0.25, -0.2) is 4.39 Å². The summed E-state index contributed by atoms with van der Waals surface area (Å²) in [5, 5.41) is 2.54. The molecule has 0 spiro atoms. The van der Waals surface area contributed by atoms with E-state index in [4.69, 9.17) is 10.5 Å². The molecule has 1 fully saturated rings. The van der Waals surface area contributed by atoms with Gasteiger partial charge in [0.05, 0.1) is 18.3 Å². The fourth-order valence-corrected chi connectivity index (χ4v) is 2.47. The lowest BCUT2D eigenvalue weighted by atomic mass is 10.1. The number of hydrogen-bond acceptors (Lipinski definition) is 4. The summed E-state index contributed by atoms with van der Waals surface area (Å²) in [5.41, 5.74) is 6.10. The van der Waals surface area contributed by atoms with Gasteiger partial charge in [-0.15, -0.1) is 0 Å². The van der Waals surface area contributed by atoms with Gasteiger partial charge in [-0.3, -0.25) is 9.69 Å². The van der Waals surface area contributed by atoms with Crippen LogP contribution in [-0.2, 0) is 9.53 Å². The average Bonchev–Trinajstić information content (AvgIpc) is 2.80. The minimum atomic E-state index is -0.493. The van der Waals surface area contributed by atoms with Crippen molar-refractivity contribution < 1.29 is 13.9 Å². The van der Waals surface area contributed by atoms with E-state index in [1.165, 1.54) is 18.2 Å². The number of likely N-dealkylation sites (N-methyl/N-ethyl adjacent to an activating group) is 1. The van der Waals surface area contributed by atoms with Gasteiger partial charge in [0.2, 0.25) is 5.91 Å². The Hall–Kier alpha value is -1.66. The Morgan fingerprint density at radius 1 is 1.60 bits per heavy atom. The second kappa shape index (κ2) is 6.19. The molecule has 0 saturated carbocycles. The van der Waals surface area contributed by atoms with Crippen LogP contribution in [0.25, 0.3) is 0 Å². The van der Waals surface area contributed by atoms with E-state index >= 15 is 0 Å². The van der Waals surface area contributed by atoms with Crippen molar-refractivity contribution in [3.8, 4) is 0 Å². The standard InChI is InChI=1S/C14H20FN3O2/c1-9-13(5-6-20-9)18(2)8-14(19)17-12-7-10(16)3-4-11(12)15/h3-4,7,9,13H,5-6,8,16H2,1-2H3,(H,17,19). The van der Waals surface area contributed by atoms with Crippen molar-refractivity contribution in [3.63, 3.8) is 0 Å². The van der Waals surface area contributed by atoms with Crippen molar-refractivity contribution in [2.24, 2.45) is 0 Å². The molecular formula is C14H20FN3O2. The van der Waals surface area contributed by atoms with E-state index in [2.05, 4.69) is 5.32 Å². The molecule has 5 nitrogen and oxygen atoms in total. The zero-order valence-electron chi connectivity index (χ0n) is 11.7. The van der Waals surface area contributed by atoms with Gasteiger partial charge in [0, 0.05) is 18.3 Å². The fourth-order valence-electron chi connectivity index (χ4n) is 2.47. The number of ether oxygens (including phenoxy) is 1. The minimum absolute atomic E-state index is 0.108. The number of anilines is 2. The Labute approximate surface area is 117 Å². The molecule has 1 aromatic carbocycles. The predicted molar refractivity (Wildman–Crippen MR) is 75.9 cm³/mol. The average molecular weight is 281 g/mol. The van der Waals surface area contributed by atoms with Gasteiger partial charge in [0.25, 0.3) is 0 Å². The van der Waals surface area contributed by atoms with Crippen molar-refractivity contribution >= 4 is 17.3 Å². The van der Waals surface area contributed by atoms with Gasteiger partial charge in [0.15, 0.2) is 0 Å². The second-order valence-corrected chi connectivity index (χ2v) is 5.13. The van der Waals surface area contributed by atoms with Crippen LogP contribution >= 0.6 is 0 Å². The summed E-state index contributed by atoms with van der Waals surface area (Å²) >= 11 is 0. The van der Waals surface area contributed by atoms with E-state index in [-0.39, 0.29) is 30.3 Å². The quantitative estimate of drug-likeness (QED) is 0.820. The molecule has 20 heavy (non-hydrogen) atoms. The number of carbonyl (C=O) groups excluding carboxylic acids is 1. The molecule has 0 radical (unpaired) electrons. The highest BCUT2D eigenvalue weighted by molar-refractivity contribution is 5.92. The number of nitrogens with one attached hydrogen (secondary N) is 1. The number of hydrogen-bond donors (Lipinski definition) is 2. The largest absolute Gasteiger partial charge is 0.399 e. The third kappa shape index (κ3) is 3.46. The van der Waals surface area contributed by atoms with E-state index in [0.717, 1.165) is 6.42 Å². The molecule has 0 bridgehead atoms. The third-order valence-corrected chi connectivity index (χ3v) is 3.56. The number of nitrogen functional groups attached to an aromatic ring is 1. The fraction of sp³-hybridized carbons (Fsp3) is 0.500. The molecule has 6 heteroatoms. The number of halogens is 1. The number of carbonyl (C=O) groups is 1. The summed E-state index contributed by atoms with van der Waals surface area (Å²) in [6, 6.07) is 4.32. The van der Waals surface area contributed by atoms with E-state index < -0.39 is 5.82 Å². The lowest BCUT2D eigenvalue weighted by molar-refractivity contribution is -0.117. The van der Waals surface area contributed by atoms with Crippen LogP contribution in [-0.4, -0.2) is 43.2 Å². The van der Waals surface area contributed by atoms with E-state index in [1.807, 2.05) is 18.9 Å². The van der Waals surface area contributed by atoms with Crippen molar-refractivity contribution in [3.05, 3.63) is 24.0 Å². The first-order valence-corrected chi connectivity index (χ1v) is 6.64. The Balaban J connectivity index is 1.93. The summed E-state index contributed by atoms with van der Waals surface area (Å²) < 4.78 is 19.0. The summed E-state index contributed by atoms with van der Waals surface area (Å²) in [5.74, 6) is -0.760. The first-order chi connectivity index (χ1) is 9.47. The van der Waals surface area contributed by atoms with E-state index in [9.17, 15) is 9.18 Å². The van der Waals surface area contributed by atoms with Crippen molar-refractivity contribution in [1.82, 2.24) is 4.90 Å². The van der Waals surface area contributed by atoms with E-state index in [0.29, 0.717) is 12.3 Å². The third-order valence-electron chi connectivity index (χ3n) is 3.56. The molecule has 1 amide bonds. The molecule has 3 N–H and O–H groups in total. The summed E-state index contributed by atoms with van der Waals surface area (Å²) in [6.45, 7) is 2.89. The van der Waals surface area contributed by atoms with Crippen molar-refractivity contribution in [1.29, 1.82) is 0 Å². The van der Waals surface area contributed by atoms with Crippen molar-refractivity contribution in [2.45, 2.75) is 25.5 Å². The number of amides is 1. The lowest BCUT2D eigenvalue weighted by Crippen LogP contribution is -2.41. The molecule has 2 rings (SSSR count). The second-order valence-electron chi connectivity index (χ2n) is 5.13. The normalized spacial score (nSPS) is 22.2. The maximum Gasteiger partial charge on any atom is 0.238 e. The first-order valence-electron chi connectivity index (χ1n) is 6.64. The molecule has 2 atom stereocenters. The maximum absolute atomic E-state index is 13.5. The Morgan fingerprint density at radius 3 is 3.00 bits per heavy atom. The Bertz CT molecular complexity index is 495. The zero-order chi connectivity index (χ0) is 14.7. The van der Waals surface area contributed by atoms with Gasteiger partial charge in [-0.2, -0.15) is 0 Å². The number of rotatable bonds is 4. The van der Waals surface area contributed by atoms with Crippen LogP contribution in [0.15, 0.2) is 18.2 Å². The summed E-state index contributed by atoms with van der Waals surface area (Å²) in [6.07, 6.45) is 1.01.